The molecule has 0 fully saturated rings. The lowest BCUT2D eigenvalue weighted by atomic mass is 10.1. The number of benzene rings is 1. The summed E-state index contributed by atoms with van der Waals surface area (Å²) in [4.78, 5) is 15.8. The van der Waals surface area contributed by atoms with Crippen molar-refractivity contribution in [2.24, 2.45) is 0 Å². The molecule has 0 atom stereocenters. The fourth-order valence-electron chi connectivity index (χ4n) is 1.68. The fourth-order valence-corrected chi connectivity index (χ4v) is 1.84. The molecule has 2 aromatic rings. The third-order valence-electron chi connectivity index (χ3n) is 2.80. The van der Waals surface area contributed by atoms with E-state index in [2.05, 4.69) is 10.3 Å². The van der Waals surface area contributed by atoms with E-state index in [4.69, 9.17) is 22.4 Å². The van der Waals surface area contributed by atoms with Gasteiger partial charge in [-0.2, -0.15) is 0 Å². The third-order valence-corrected chi connectivity index (χ3v) is 3.01. The topological polar surface area (TPSA) is 88.2 Å². The number of pyridine rings is 1. The molecule has 1 aromatic carbocycles. The highest BCUT2D eigenvalue weighted by molar-refractivity contribution is 6.29. The van der Waals surface area contributed by atoms with Crippen LogP contribution in [0.1, 0.15) is 21.5 Å². The van der Waals surface area contributed by atoms with Crippen molar-refractivity contribution in [3.05, 3.63) is 58.4 Å². The number of nitrogens with zero attached hydrogens (tertiary/aromatic N) is 1. The van der Waals surface area contributed by atoms with Crippen LogP contribution in [0.3, 0.4) is 0 Å². The highest BCUT2D eigenvalue weighted by Gasteiger charge is 2.10. The number of nitrogens with one attached hydrogen (secondary N) is 1. The minimum absolute atomic E-state index is 0.00130. The second-order valence-electron chi connectivity index (χ2n) is 4.25. The first-order valence-electron chi connectivity index (χ1n) is 5.98. The van der Waals surface area contributed by atoms with Crippen molar-refractivity contribution in [3.8, 4) is 0 Å². The first-order valence-corrected chi connectivity index (χ1v) is 6.36. The molecule has 0 saturated heterocycles. The third kappa shape index (κ3) is 3.46. The number of nitrogen functional groups attached to an aromatic ring is 1. The summed E-state index contributed by atoms with van der Waals surface area (Å²) >= 11 is 5.74. The van der Waals surface area contributed by atoms with Crippen LogP contribution in [0, 0.1) is 0 Å². The van der Waals surface area contributed by atoms with Gasteiger partial charge in [0.15, 0.2) is 0 Å². The molecule has 1 aromatic heterocycles. The fraction of sp³-hybridized carbons (Fsp3) is 0.143. The van der Waals surface area contributed by atoms with Crippen LogP contribution in [0.15, 0.2) is 36.5 Å². The number of aliphatic hydroxyl groups excluding tert-OH is 1. The monoisotopic (exact) mass is 291 g/mol. The molecule has 5 nitrogen and oxygen atoms in total. The average molecular weight is 292 g/mol. The summed E-state index contributed by atoms with van der Waals surface area (Å²) in [6.45, 7) is 0.364. The summed E-state index contributed by atoms with van der Waals surface area (Å²) in [6.07, 6.45) is 1.35. The van der Waals surface area contributed by atoms with Crippen LogP contribution in [0.2, 0.25) is 5.15 Å². The number of hydrogen-bond acceptors (Lipinski definition) is 4. The second kappa shape index (κ2) is 6.36. The average Bonchev–Trinajstić information content (AvgIpc) is 2.47. The van der Waals surface area contributed by atoms with Gasteiger partial charge >= 0.3 is 0 Å². The molecular weight excluding hydrogens is 278 g/mol. The van der Waals surface area contributed by atoms with Gasteiger partial charge in [-0.25, -0.2) is 4.98 Å². The van der Waals surface area contributed by atoms with Gasteiger partial charge in [0.05, 0.1) is 24.1 Å². The predicted molar refractivity (Wildman–Crippen MR) is 77.2 cm³/mol. The standard InChI is InChI=1S/C14H14ClN3O2/c15-13-5-11(12(16)7-17-13)14(20)18-6-9-1-3-10(8-19)4-2-9/h1-5,7,19H,6,8,16H2,(H,18,20). The first-order chi connectivity index (χ1) is 9.60. The number of halogens is 1. The molecule has 0 saturated carbocycles. The van der Waals surface area contributed by atoms with Crippen LogP contribution in [0.25, 0.3) is 0 Å². The van der Waals surface area contributed by atoms with Gasteiger partial charge in [-0.15, -0.1) is 0 Å². The van der Waals surface area contributed by atoms with Gasteiger partial charge < -0.3 is 16.2 Å². The minimum Gasteiger partial charge on any atom is -0.397 e. The summed E-state index contributed by atoms with van der Waals surface area (Å²) in [5.41, 5.74) is 8.02. The normalized spacial score (nSPS) is 10.3. The van der Waals surface area contributed by atoms with Crippen molar-refractivity contribution in [3.63, 3.8) is 0 Å². The summed E-state index contributed by atoms with van der Waals surface area (Å²) in [5, 5.41) is 11.9. The van der Waals surface area contributed by atoms with Crippen LogP contribution in [-0.2, 0) is 13.2 Å². The van der Waals surface area contributed by atoms with Gasteiger partial charge in [0, 0.05) is 6.54 Å². The molecule has 1 amide bonds. The summed E-state index contributed by atoms with van der Waals surface area (Å²) in [5.74, 6) is -0.307. The van der Waals surface area contributed by atoms with Gasteiger partial charge in [-0.3, -0.25) is 4.79 Å². The zero-order valence-corrected chi connectivity index (χ0v) is 11.4. The van der Waals surface area contributed by atoms with Crippen molar-refractivity contribution >= 4 is 23.2 Å². The zero-order valence-electron chi connectivity index (χ0n) is 10.6. The Labute approximate surface area is 121 Å². The van der Waals surface area contributed by atoms with Gasteiger partial charge in [0.2, 0.25) is 0 Å². The van der Waals surface area contributed by atoms with E-state index in [-0.39, 0.29) is 23.4 Å². The van der Waals surface area contributed by atoms with E-state index in [0.29, 0.717) is 12.1 Å². The number of aliphatic hydroxyl groups is 1. The molecule has 0 bridgehead atoms. The van der Waals surface area contributed by atoms with Crippen molar-refractivity contribution in [1.82, 2.24) is 10.3 Å². The molecule has 2 rings (SSSR count). The lowest BCUT2D eigenvalue weighted by molar-refractivity contribution is 0.0951. The molecule has 0 radical (unpaired) electrons. The maximum Gasteiger partial charge on any atom is 0.253 e. The van der Waals surface area contributed by atoms with Crippen LogP contribution in [0.5, 0.6) is 0 Å². The molecule has 0 aliphatic carbocycles. The summed E-state index contributed by atoms with van der Waals surface area (Å²) < 4.78 is 0. The molecule has 0 aliphatic rings. The van der Waals surface area contributed by atoms with E-state index >= 15 is 0 Å². The lowest BCUT2D eigenvalue weighted by Crippen LogP contribution is -2.24. The molecule has 20 heavy (non-hydrogen) atoms. The molecule has 104 valence electrons. The van der Waals surface area contributed by atoms with Crippen LogP contribution in [0.4, 0.5) is 5.69 Å². The smallest absolute Gasteiger partial charge is 0.253 e. The van der Waals surface area contributed by atoms with E-state index in [1.807, 2.05) is 12.1 Å². The minimum atomic E-state index is -0.307. The maximum absolute atomic E-state index is 12.0. The Morgan fingerprint density at radius 2 is 1.95 bits per heavy atom. The molecule has 0 aliphatic heterocycles. The Kier molecular flexibility index (Phi) is 4.55. The van der Waals surface area contributed by atoms with Gasteiger partial charge in [-0.1, -0.05) is 35.9 Å². The van der Waals surface area contributed by atoms with E-state index in [0.717, 1.165) is 11.1 Å². The number of rotatable bonds is 4. The highest BCUT2D eigenvalue weighted by Crippen LogP contribution is 2.15. The van der Waals surface area contributed by atoms with Gasteiger partial charge in [0.25, 0.3) is 5.91 Å². The number of hydrogen-bond donors (Lipinski definition) is 3. The number of carbonyl (C=O) groups is 1. The van der Waals surface area contributed by atoms with Crippen molar-refractivity contribution in [2.45, 2.75) is 13.2 Å². The number of nitrogens with two attached hydrogens (primary N) is 1. The van der Waals surface area contributed by atoms with Crippen molar-refractivity contribution in [1.29, 1.82) is 0 Å². The number of aromatic nitrogens is 1. The van der Waals surface area contributed by atoms with E-state index < -0.39 is 0 Å². The number of carbonyl (C=O) groups excluding carboxylic acids is 1. The molecule has 0 unspecified atom stereocenters. The first kappa shape index (κ1) is 14.3. The van der Waals surface area contributed by atoms with Gasteiger partial charge in [-0.05, 0) is 17.2 Å². The van der Waals surface area contributed by atoms with E-state index in [9.17, 15) is 4.79 Å². The summed E-state index contributed by atoms with van der Waals surface area (Å²) in [6, 6.07) is 8.73. The van der Waals surface area contributed by atoms with Crippen molar-refractivity contribution < 1.29 is 9.90 Å². The zero-order chi connectivity index (χ0) is 14.5. The second-order valence-corrected chi connectivity index (χ2v) is 4.64. The van der Waals surface area contributed by atoms with E-state index in [1.54, 1.807) is 12.1 Å². The maximum atomic E-state index is 12.0. The number of anilines is 1. The largest absolute Gasteiger partial charge is 0.397 e. The molecule has 0 spiro atoms. The molecule has 1 heterocycles. The molecular formula is C14H14ClN3O2. The van der Waals surface area contributed by atoms with E-state index in [1.165, 1.54) is 12.3 Å². The SMILES string of the molecule is Nc1cnc(Cl)cc1C(=O)NCc1ccc(CO)cc1. The highest BCUT2D eigenvalue weighted by atomic mass is 35.5. The Morgan fingerprint density at radius 3 is 2.60 bits per heavy atom. The van der Waals surface area contributed by atoms with Crippen LogP contribution in [-0.4, -0.2) is 16.0 Å². The molecule has 6 heteroatoms. The van der Waals surface area contributed by atoms with Crippen LogP contribution >= 0.6 is 11.6 Å². The van der Waals surface area contributed by atoms with Crippen molar-refractivity contribution in [2.75, 3.05) is 5.73 Å². The molecule has 4 N–H and O–H groups in total. The quantitative estimate of drug-likeness (QED) is 0.749. The van der Waals surface area contributed by atoms with Gasteiger partial charge in [0.1, 0.15) is 5.15 Å². The Hall–Kier alpha value is -2.11. The Balaban J connectivity index is 2.02. The summed E-state index contributed by atoms with van der Waals surface area (Å²) in [7, 11) is 0. The predicted octanol–water partition coefficient (Wildman–Crippen LogP) is 1.74. The Morgan fingerprint density at radius 1 is 1.30 bits per heavy atom. The number of amides is 1. The Bertz CT molecular complexity index is 614. The van der Waals surface area contributed by atoms with Crippen LogP contribution < -0.4 is 11.1 Å². The lowest BCUT2D eigenvalue weighted by Gasteiger charge is -2.08.